The molecule has 4 atom stereocenters. The van der Waals surface area contributed by atoms with E-state index in [4.69, 9.17) is 25.4 Å². The van der Waals surface area contributed by atoms with Gasteiger partial charge in [-0.3, -0.25) is 9.13 Å². The third-order valence-corrected chi connectivity index (χ3v) is 4.41. The minimum Gasteiger partial charge on any atom is -0.394 e. The lowest BCUT2D eigenvalue weighted by atomic mass is 10.1. The number of nitrogen functional groups attached to an aromatic ring is 1. The van der Waals surface area contributed by atoms with Crippen LogP contribution in [0.3, 0.4) is 0 Å². The fourth-order valence-corrected chi connectivity index (χ4v) is 2.17. The summed E-state index contributed by atoms with van der Waals surface area (Å²) < 4.78 is 16.5. The predicted octanol–water partition coefficient (Wildman–Crippen LogP) is -1.80. The van der Waals surface area contributed by atoms with Gasteiger partial charge in [0, 0.05) is 6.16 Å². The topological polar surface area (TPSA) is 197 Å². The summed E-state index contributed by atoms with van der Waals surface area (Å²) in [5, 5.41) is 28.7. The van der Waals surface area contributed by atoms with Gasteiger partial charge in [-0.15, -0.1) is 0 Å². The molecule has 0 bridgehead atoms. The van der Waals surface area contributed by atoms with Gasteiger partial charge in [-0.05, 0) is 0 Å². The molecular formula is C12H20N5O7P. The molecule has 13 heteroatoms. The summed E-state index contributed by atoms with van der Waals surface area (Å²) in [7, 11) is -3.65. The zero-order valence-corrected chi connectivity index (χ0v) is 14.1. The fraction of sp³-hybridized carbons (Fsp3) is 0.583. The molecule has 25 heavy (non-hydrogen) atoms. The number of hydrogen-bond acceptors (Lipinski definition) is 9. The Morgan fingerprint density at radius 1 is 1.28 bits per heavy atom. The summed E-state index contributed by atoms with van der Waals surface area (Å²) >= 11 is 0. The largest absolute Gasteiger partial charge is 0.394 e. The molecule has 1 aliphatic rings. The monoisotopic (exact) mass is 377 g/mol. The van der Waals surface area contributed by atoms with Crippen molar-refractivity contribution in [1.82, 2.24) is 19.5 Å². The Morgan fingerprint density at radius 3 is 2.44 bits per heavy atom. The molecule has 0 radical (unpaired) electrons. The molecule has 0 aromatic carbocycles. The van der Waals surface area contributed by atoms with E-state index in [1.165, 1.54) is 24.1 Å². The summed E-state index contributed by atoms with van der Waals surface area (Å²) in [4.78, 5) is 27.8. The highest BCUT2D eigenvalue weighted by Crippen LogP contribution is 2.32. The summed E-state index contributed by atoms with van der Waals surface area (Å²) in [6, 6.07) is 0. The first-order valence-corrected chi connectivity index (χ1v) is 9.09. The molecule has 0 saturated carbocycles. The van der Waals surface area contributed by atoms with Crippen molar-refractivity contribution < 1.29 is 34.4 Å². The lowest BCUT2D eigenvalue weighted by Crippen LogP contribution is -2.33. The molecule has 2 aromatic rings. The van der Waals surface area contributed by atoms with Gasteiger partial charge in [0.25, 0.3) is 0 Å². The number of aromatic nitrogens is 4. The number of hydrogen-bond donors (Lipinski definition) is 6. The second-order valence-electron chi connectivity index (χ2n) is 5.29. The van der Waals surface area contributed by atoms with Gasteiger partial charge >= 0.3 is 7.60 Å². The Labute approximate surface area is 142 Å². The van der Waals surface area contributed by atoms with Gasteiger partial charge < -0.3 is 35.6 Å². The molecule has 0 aliphatic carbocycles. The van der Waals surface area contributed by atoms with Gasteiger partial charge in [0.05, 0.1) is 12.9 Å². The van der Waals surface area contributed by atoms with Crippen molar-refractivity contribution in [2.24, 2.45) is 0 Å². The lowest BCUT2D eigenvalue weighted by Gasteiger charge is -2.16. The average Bonchev–Trinajstić information content (AvgIpc) is 3.11. The molecule has 140 valence electrons. The van der Waals surface area contributed by atoms with Crippen molar-refractivity contribution in [3.8, 4) is 0 Å². The molecule has 1 fully saturated rings. The van der Waals surface area contributed by atoms with Crippen molar-refractivity contribution in [2.45, 2.75) is 31.5 Å². The van der Waals surface area contributed by atoms with Gasteiger partial charge in [0.1, 0.15) is 30.2 Å². The van der Waals surface area contributed by atoms with Crippen LogP contribution >= 0.6 is 7.60 Å². The van der Waals surface area contributed by atoms with Crippen LogP contribution in [0.4, 0.5) is 5.82 Å². The number of imidazole rings is 1. The van der Waals surface area contributed by atoms with E-state index in [1.807, 2.05) is 0 Å². The zero-order valence-electron chi connectivity index (χ0n) is 13.2. The summed E-state index contributed by atoms with van der Waals surface area (Å²) in [5.74, 6) is 0.218. The second-order valence-corrected chi connectivity index (χ2v) is 7.25. The van der Waals surface area contributed by atoms with E-state index in [0.29, 0.717) is 11.2 Å². The summed E-state index contributed by atoms with van der Waals surface area (Å²) in [6.07, 6.45) is -1.49. The number of rotatable bonds is 3. The standard InChI is InChI=1S/C10H13N5O4.C2H7O3P/c11-8-5-9(13-2-12-8)15(3-14-5)10-7(18)6(17)4(1-16)19-10;1-2-6(3,4)5/h2-4,6-7,10,16-18H,1H2,(H2,11,12,13);2H2,1H3,(H2,3,4,5)/t4-,6-,7-,10-;/m1./s1. The van der Waals surface area contributed by atoms with Crippen molar-refractivity contribution in [2.75, 3.05) is 18.5 Å². The maximum atomic E-state index is 9.95. The van der Waals surface area contributed by atoms with Crippen LogP contribution in [0.5, 0.6) is 0 Å². The maximum Gasteiger partial charge on any atom is 0.325 e. The zero-order chi connectivity index (χ0) is 18.8. The highest BCUT2D eigenvalue weighted by Gasteiger charge is 2.43. The first kappa shape index (κ1) is 19.7. The molecule has 1 aliphatic heterocycles. The van der Waals surface area contributed by atoms with Crippen LogP contribution in [0.1, 0.15) is 13.2 Å². The third kappa shape index (κ3) is 4.30. The number of nitrogens with two attached hydrogens (primary N) is 1. The van der Waals surface area contributed by atoms with E-state index in [-0.39, 0.29) is 12.0 Å². The van der Waals surface area contributed by atoms with E-state index in [1.54, 1.807) is 0 Å². The number of ether oxygens (including phenoxy) is 1. The minimum atomic E-state index is -3.65. The SMILES string of the molecule is CCP(=O)(O)O.Nc1ncnc2c1ncn2[C@@H]1O[C@H](CO)[C@@H](O)[C@H]1O. The Kier molecular flexibility index (Phi) is 6.06. The maximum absolute atomic E-state index is 9.95. The lowest BCUT2D eigenvalue weighted by molar-refractivity contribution is -0.0511. The first-order valence-electron chi connectivity index (χ1n) is 7.29. The Bertz CT molecular complexity index is 765. The predicted molar refractivity (Wildman–Crippen MR) is 85.3 cm³/mol. The highest BCUT2D eigenvalue weighted by molar-refractivity contribution is 7.51. The van der Waals surface area contributed by atoms with E-state index in [0.717, 1.165) is 0 Å². The van der Waals surface area contributed by atoms with E-state index < -0.39 is 38.7 Å². The van der Waals surface area contributed by atoms with Crippen LogP contribution < -0.4 is 5.73 Å². The number of anilines is 1. The Morgan fingerprint density at radius 2 is 1.92 bits per heavy atom. The minimum absolute atomic E-state index is 0.0625. The molecular weight excluding hydrogens is 357 g/mol. The van der Waals surface area contributed by atoms with Gasteiger partial charge in [0.15, 0.2) is 17.7 Å². The van der Waals surface area contributed by atoms with Crippen LogP contribution in [0, 0.1) is 0 Å². The second kappa shape index (κ2) is 7.70. The van der Waals surface area contributed by atoms with Crippen LogP contribution in [0.15, 0.2) is 12.7 Å². The van der Waals surface area contributed by atoms with Crippen molar-refractivity contribution in [3.63, 3.8) is 0 Å². The molecule has 0 amide bonds. The molecule has 3 rings (SSSR count). The van der Waals surface area contributed by atoms with Crippen LogP contribution in [-0.2, 0) is 9.30 Å². The molecule has 0 unspecified atom stereocenters. The van der Waals surface area contributed by atoms with E-state index in [9.17, 15) is 14.8 Å². The molecule has 3 heterocycles. The third-order valence-electron chi connectivity index (χ3n) is 3.59. The number of nitrogens with zero attached hydrogens (tertiary/aromatic N) is 4. The van der Waals surface area contributed by atoms with E-state index in [2.05, 4.69) is 15.0 Å². The molecule has 0 spiro atoms. The number of fused-ring (bicyclic) bond motifs is 1. The average molecular weight is 377 g/mol. The van der Waals surface area contributed by atoms with Crippen LogP contribution in [0.25, 0.3) is 11.2 Å². The Hall–Kier alpha value is -1.66. The van der Waals surface area contributed by atoms with Crippen molar-refractivity contribution in [1.29, 1.82) is 0 Å². The van der Waals surface area contributed by atoms with Gasteiger partial charge in [-0.2, -0.15) is 0 Å². The summed E-state index contributed by atoms with van der Waals surface area (Å²) in [5.41, 5.74) is 6.44. The summed E-state index contributed by atoms with van der Waals surface area (Å²) in [6.45, 7) is 1.05. The fourth-order valence-electron chi connectivity index (χ4n) is 2.17. The number of aliphatic hydroxyl groups excluding tert-OH is 3. The molecule has 12 nitrogen and oxygen atoms in total. The van der Waals surface area contributed by atoms with Crippen LogP contribution in [-0.4, -0.2) is 75.7 Å². The molecule has 7 N–H and O–H groups in total. The highest BCUT2D eigenvalue weighted by atomic mass is 31.2. The first-order chi connectivity index (χ1) is 11.7. The smallest absolute Gasteiger partial charge is 0.325 e. The van der Waals surface area contributed by atoms with Crippen molar-refractivity contribution >= 4 is 24.6 Å². The molecule has 2 aromatic heterocycles. The van der Waals surface area contributed by atoms with Crippen LogP contribution in [0.2, 0.25) is 0 Å². The molecule has 1 saturated heterocycles. The van der Waals surface area contributed by atoms with Gasteiger partial charge in [-0.25, -0.2) is 15.0 Å². The van der Waals surface area contributed by atoms with E-state index >= 15 is 0 Å². The normalized spacial score (nSPS) is 26.5. The van der Waals surface area contributed by atoms with Gasteiger partial charge in [0.2, 0.25) is 0 Å². The van der Waals surface area contributed by atoms with Crippen molar-refractivity contribution in [3.05, 3.63) is 12.7 Å². The number of aliphatic hydroxyl groups is 3. The van der Waals surface area contributed by atoms with Gasteiger partial charge in [-0.1, -0.05) is 6.92 Å². The quantitative estimate of drug-likeness (QED) is 0.330. The Balaban J connectivity index is 0.000000326.